The van der Waals surface area contributed by atoms with Crippen molar-refractivity contribution in [2.45, 2.75) is 13.5 Å². The third kappa shape index (κ3) is 3.98. The van der Waals surface area contributed by atoms with Crippen LogP contribution in [0.2, 0.25) is 0 Å². The molecule has 1 heterocycles. The molecule has 24 heavy (non-hydrogen) atoms. The highest BCUT2D eigenvalue weighted by atomic mass is 16.1. The number of carbonyl (C=O) groups excluding carboxylic acids is 1. The van der Waals surface area contributed by atoms with E-state index in [4.69, 9.17) is 0 Å². The number of rotatable bonds is 5. The van der Waals surface area contributed by atoms with Gasteiger partial charge in [0.25, 0.3) is 5.91 Å². The topological polar surface area (TPSA) is 54.0 Å². The van der Waals surface area contributed by atoms with Crippen molar-refractivity contribution < 1.29 is 4.79 Å². The van der Waals surface area contributed by atoms with Crippen LogP contribution in [0, 0.1) is 6.92 Å². The van der Waals surface area contributed by atoms with Crippen LogP contribution < -0.4 is 10.6 Å². The van der Waals surface area contributed by atoms with Crippen LogP contribution in [0.3, 0.4) is 0 Å². The highest BCUT2D eigenvalue weighted by molar-refractivity contribution is 5.94. The molecule has 0 saturated carbocycles. The van der Waals surface area contributed by atoms with Crippen LogP contribution >= 0.6 is 0 Å². The zero-order valence-corrected chi connectivity index (χ0v) is 13.5. The van der Waals surface area contributed by atoms with Gasteiger partial charge >= 0.3 is 0 Å². The summed E-state index contributed by atoms with van der Waals surface area (Å²) in [6.07, 6.45) is 1.58. The van der Waals surface area contributed by atoms with E-state index in [0.29, 0.717) is 17.9 Å². The summed E-state index contributed by atoms with van der Waals surface area (Å²) in [5.41, 5.74) is 3.76. The average Bonchev–Trinajstić information content (AvgIpc) is 2.63. The average molecular weight is 317 g/mol. The van der Waals surface area contributed by atoms with E-state index in [1.54, 1.807) is 12.3 Å². The minimum absolute atomic E-state index is 0.131. The molecule has 0 bridgehead atoms. The van der Waals surface area contributed by atoms with Crippen molar-refractivity contribution in [3.05, 3.63) is 89.6 Å². The summed E-state index contributed by atoms with van der Waals surface area (Å²) in [6, 6.07) is 21.4. The lowest BCUT2D eigenvalue weighted by Gasteiger charge is -2.09. The Morgan fingerprint density at radius 3 is 2.42 bits per heavy atom. The summed E-state index contributed by atoms with van der Waals surface area (Å²) < 4.78 is 0. The predicted octanol–water partition coefficient (Wildman–Crippen LogP) is 4.06. The SMILES string of the molecule is Cc1ccccc1Nc1ccc(C(=O)NCc2ccccc2)cn1. The lowest BCUT2D eigenvalue weighted by atomic mass is 10.2. The third-order valence-electron chi connectivity index (χ3n) is 3.73. The first kappa shape index (κ1) is 15.7. The van der Waals surface area contributed by atoms with Gasteiger partial charge in [-0.05, 0) is 36.2 Å². The number of hydrogen-bond donors (Lipinski definition) is 2. The van der Waals surface area contributed by atoms with Gasteiger partial charge in [0.05, 0.1) is 5.56 Å². The van der Waals surface area contributed by atoms with Crippen molar-refractivity contribution in [3.8, 4) is 0 Å². The van der Waals surface area contributed by atoms with Crippen molar-refractivity contribution in [1.29, 1.82) is 0 Å². The second-order valence-corrected chi connectivity index (χ2v) is 5.54. The molecule has 2 aromatic carbocycles. The minimum Gasteiger partial charge on any atom is -0.348 e. The molecule has 4 nitrogen and oxygen atoms in total. The molecular formula is C20H19N3O. The Labute approximate surface area is 141 Å². The van der Waals surface area contributed by atoms with E-state index in [-0.39, 0.29) is 5.91 Å². The second kappa shape index (κ2) is 7.42. The van der Waals surface area contributed by atoms with E-state index in [0.717, 1.165) is 16.8 Å². The van der Waals surface area contributed by atoms with E-state index < -0.39 is 0 Å². The van der Waals surface area contributed by atoms with E-state index in [1.807, 2.05) is 67.6 Å². The van der Waals surface area contributed by atoms with E-state index in [1.165, 1.54) is 0 Å². The molecule has 0 aliphatic rings. The lowest BCUT2D eigenvalue weighted by Crippen LogP contribution is -2.22. The third-order valence-corrected chi connectivity index (χ3v) is 3.73. The van der Waals surface area contributed by atoms with Crippen molar-refractivity contribution in [2.24, 2.45) is 0 Å². The fourth-order valence-electron chi connectivity index (χ4n) is 2.33. The van der Waals surface area contributed by atoms with Crippen LogP contribution in [0.5, 0.6) is 0 Å². The Hall–Kier alpha value is -3.14. The van der Waals surface area contributed by atoms with E-state index in [2.05, 4.69) is 15.6 Å². The zero-order chi connectivity index (χ0) is 16.8. The van der Waals surface area contributed by atoms with Crippen molar-refractivity contribution in [3.63, 3.8) is 0 Å². The number of nitrogens with one attached hydrogen (secondary N) is 2. The number of carbonyl (C=O) groups is 1. The fraction of sp³-hybridized carbons (Fsp3) is 0.100. The molecular weight excluding hydrogens is 298 g/mol. The molecule has 3 aromatic rings. The molecule has 0 aliphatic carbocycles. The maximum absolute atomic E-state index is 12.2. The van der Waals surface area contributed by atoms with E-state index >= 15 is 0 Å². The highest BCUT2D eigenvalue weighted by Gasteiger charge is 2.06. The van der Waals surface area contributed by atoms with Gasteiger partial charge in [-0.2, -0.15) is 0 Å². The Kier molecular flexibility index (Phi) is 4.87. The van der Waals surface area contributed by atoms with Crippen molar-refractivity contribution in [2.75, 3.05) is 5.32 Å². The van der Waals surface area contributed by atoms with Gasteiger partial charge in [-0.3, -0.25) is 4.79 Å². The number of nitrogens with zero attached hydrogens (tertiary/aromatic N) is 1. The Morgan fingerprint density at radius 2 is 1.71 bits per heavy atom. The molecule has 1 aromatic heterocycles. The maximum atomic E-state index is 12.2. The van der Waals surface area contributed by atoms with Crippen LogP contribution in [0.4, 0.5) is 11.5 Å². The van der Waals surface area contributed by atoms with Gasteiger partial charge in [-0.15, -0.1) is 0 Å². The molecule has 1 amide bonds. The standard InChI is InChI=1S/C20H19N3O/c1-15-7-5-6-10-18(15)23-19-12-11-17(14-21-19)20(24)22-13-16-8-3-2-4-9-16/h2-12,14H,13H2,1H3,(H,21,23)(H,22,24). The first-order chi connectivity index (χ1) is 11.7. The summed E-state index contributed by atoms with van der Waals surface area (Å²) in [7, 11) is 0. The largest absolute Gasteiger partial charge is 0.348 e. The number of aryl methyl sites for hydroxylation is 1. The normalized spacial score (nSPS) is 10.2. The second-order valence-electron chi connectivity index (χ2n) is 5.54. The van der Waals surface area contributed by atoms with Crippen LogP contribution in [0.15, 0.2) is 72.9 Å². The van der Waals surface area contributed by atoms with E-state index in [9.17, 15) is 4.79 Å². The van der Waals surface area contributed by atoms with Crippen LogP contribution in [0.1, 0.15) is 21.5 Å². The van der Waals surface area contributed by atoms with Gasteiger partial charge in [0.15, 0.2) is 0 Å². The van der Waals surface area contributed by atoms with Crippen molar-refractivity contribution >= 4 is 17.4 Å². The molecule has 0 saturated heterocycles. The molecule has 0 radical (unpaired) electrons. The zero-order valence-electron chi connectivity index (χ0n) is 13.5. The summed E-state index contributed by atoms with van der Waals surface area (Å²) in [5, 5.41) is 6.15. The number of amides is 1. The summed E-state index contributed by atoms with van der Waals surface area (Å²) in [4.78, 5) is 16.5. The highest BCUT2D eigenvalue weighted by Crippen LogP contribution is 2.18. The summed E-state index contributed by atoms with van der Waals surface area (Å²) in [6.45, 7) is 2.54. The quantitative estimate of drug-likeness (QED) is 0.746. The smallest absolute Gasteiger partial charge is 0.253 e. The Morgan fingerprint density at radius 1 is 0.958 bits per heavy atom. The number of pyridine rings is 1. The Balaban J connectivity index is 1.61. The predicted molar refractivity (Wildman–Crippen MR) is 96.3 cm³/mol. The number of para-hydroxylation sites is 1. The number of benzene rings is 2. The van der Waals surface area contributed by atoms with Gasteiger partial charge in [-0.25, -0.2) is 4.98 Å². The molecule has 4 heteroatoms. The van der Waals surface area contributed by atoms with Crippen LogP contribution in [-0.2, 0) is 6.54 Å². The van der Waals surface area contributed by atoms with Gasteiger partial charge in [0, 0.05) is 18.4 Å². The maximum Gasteiger partial charge on any atom is 0.253 e. The minimum atomic E-state index is -0.131. The molecule has 0 aliphatic heterocycles. The molecule has 2 N–H and O–H groups in total. The number of anilines is 2. The van der Waals surface area contributed by atoms with Gasteiger partial charge in [0.2, 0.25) is 0 Å². The van der Waals surface area contributed by atoms with Crippen LogP contribution in [-0.4, -0.2) is 10.9 Å². The summed E-state index contributed by atoms with van der Waals surface area (Å²) in [5.74, 6) is 0.581. The van der Waals surface area contributed by atoms with Crippen molar-refractivity contribution in [1.82, 2.24) is 10.3 Å². The van der Waals surface area contributed by atoms with Gasteiger partial charge < -0.3 is 10.6 Å². The lowest BCUT2D eigenvalue weighted by molar-refractivity contribution is 0.0950. The molecule has 0 atom stereocenters. The van der Waals surface area contributed by atoms with Gasteiger partial charge in [-0.1, -0.05) is 48.5 Å². The Bertz CT molecular complexity index is 814. The fourth-order valence-corrected chi connectivity index (χ4v) is 2.33. The molecule has 0 unspecified atom stereocenters. The molecule has 0 spiro atoms. The summed E-state index contributed by atoms with van der Waals surface area (Å²) >= 11 is 0. The first-order valence-electron chi connectivity index (χ1n) is 7.83. The number of hydrogen-bond acceptors (Lipinski definition) is 3. The first-order valence-corrected chi connectivity index (χ1v) is 7.83. The van der Waals surface area contributed by atoms with Gasteiger partial charge in [0.1, 0.15) is 5.82 Å². The molecule has 0 fully saturated rings. The monoisotopic (exact) mass is 317 g/mol. The molecule has 3 rings (SSSR count). The molecule has 120 valence electrons. The van der Waals surface area contributed by atoms with Crippen LogP contribution in [0.25, 0.3) is 0 Å². The number of aromatic nitrogens is 1.